The number of hydrogen-bond donors (Lipinski definition) is 2. The maximum Gasteiger partial charge on any atom is 0.319 e. The van der Waals surface area contributed by atoms with Crippen LogP contribution in [0.1, 0.15) is 37.3 Å². The lowest BCUT2D eigenvalue weighted by molar-refractivity contribution is -0.111. The summed E-state index contributed by atoms with van der Waals surface area (Å²) in [5.41, 5.74) is 0.977. The minimum atomic E-state index is -0.313. The lowest BCUT2D eigenvalue weighted by Crippen LogP contribution is -2.54. The third kappa shape index (κ3) is 3.76. The quantitative estimate of drug-likeness (QED) is 0.760. The molecule has 2 bridgehead atoms. The van der Waals surface area contributed by atoms with Gasteiger partial charge >= 0.3 is 6.03 Å². The van der Waals surface area contributed by atoms with Crippen molar-refractivity contribution in [1.82, 2.24) is 15.1 Å². The second-order valence-corrected chi connectivity index (χ2v) is 7.68. The summed E-state index contributed by atoms with van der Waals surface area (Å²) in [5.74, 6) is 0.189. The molecule has 4 atom stereocenters. The summed E-state index contributed by atoms with van der Waals surface area (Å²) in [4.78, 5) is 27.9. The van der Waals surface area contributed by atoms with Crippen molar-refractivity contribution in [2.45, 2.75) is 49.9 Å². The summed E-state index contributed by atoms with van der Waals surface area (Å²) >= 11 is 0. The number of benzene rings is 1. The highest BCUT2D eigenvalue weighted by Crippen LogP contribution is 2.40. The molecule has 2 N–H and O–H groups in total. The summed E-state index contributed by atoms with van der Waals surface area (Å²) in [5, 5.41) is 13.1. The van der Waals surface area contributed by atoms with E-state index in [-0.39, 0.29) is 42.7 Å². The molecule has 0 saturated carbocycles. The number of rotatable bonds is 6. The Morgan fingerprint density at radius 2 is 1.88 bits per heavy atom. The number of fused-ring (bicyclic) bond motifs is 2. The Balaban J connectivity index is 1.69. The van der Waals surface area contributed by atoms with Crippen LogP contribution in [0.5, 0.6) is 0 Å². The van der Waals surface area contributed by atoms with Crippen molar-refractivity contribution < 1.29 is 14.7 Å². The normalized spacial score (nSPS) is 27.0. The van der Waals surface area contributed by atoms with Gasteiger partial charge in [-0.05, 0) is 37.2 Å². The Hall–Kier alpha value is -1.92. The molecule has 2 heterocycles. The zero-order valence-electron chi connectivity index (χ0n) is 15.5. The highest BCUT2D eigenvalue weighted by atomic mass is 16.3. The first-order valence-electron chi connectivity index (χ1n) is 9.42. The van der Waals surface area contributed by atoms with E-state index in [1.54, 1.807) is 19.0 Å². The van der Waals surface area contributed by atoms with Gasteiger partial charge in [-0.15, -0.1) is 0 Å². The van der Waals surface area contributed by atoms with Gasteiger partial charge in [-0.25, -0.2) is 4.79 Å². The highest BCUT2D eigenvalue weighted by molar-refractivity contribution is 5.75. The van der Waals surface area contributed by atoms with Crippen LogP contribution in [-0.4, -0.2) is 66.1 Å². The summed E-state index contributed by atoms with van der Waals surface area (Å²) in [6, 6.07) is 9.63. The van der Waals surface area contributed by atoms with Crippen LogP contribution in [-0.2, 0) is 4.79 Å². The summed E-state index contributed by atoms with van der Waals surface area (Å²) < 4.78 is 0. The molecule has 3 rings (SSSR count). The van der Waals surface area contributed by atoms with E-state index in [1.807, 2.05) is 35.2 Å². The predicted octanol–water partition coefficient (Wildman–Crippen LogP) is 1.80. The van der Waals surface area contributed by atoms with Crippen molar-refractivity contribution in [1.29, 1.82) is 0 Å². The van der Waals surface area contributed by atoms with Crippen LogP contribution >= 0.6 is 0 Å². The van der Waals surface area contributed by atoms with Crippen LogP contribution in [0.2, 0.25) is 0 Å². The van der Waals surface area contributed by atoms with Crippen LogP contribution < -0.4 is 5.32 Å². The average Bonchev–Trinajstić information content (AvgIpc) is 2.92. The van der Waals surface area contributed by atoms with Crippen LogP contribution in [0.3, 0.4) is 0 Å². The zero-order valence-corrected chi connectivity index (χ0v) is 15.5. The van der Waals surface area contributed by atoms with Crippen molar-refractivity contribution >= 4 is 12.3 Å². The predicted molar refractivity (Wildman–Crippen MR) is 99.7 cm³/mol. The van der Waals surface area contributed by atoms with Gasteiger partial charge < -0.3 is 19.7 Å². The van der Waals surface area contributed by atoms with Crippen molar-refractivity contribution in [2.24, 2.45) is 5.92 Å². The number of nitrogens with zero attached hydrogens (tertiary/aromatic N) is 2. The lowest BCUT2D eigenvalue weighted by Gasteiger charge is -2.42. The number of hydrogen-bond acceptors (Lipinski definition) is 4. The Morgan fingerprint density at radius 3 is 2.38 bits per heavy atom. The van der Waals surface area contributed by atoms with E-state index in [4.69, 9.17) is 0 Å². The molecule has 0 radical (unpaired) electrons. The van der Waals surface area contributed by atoms with E-state index in [0.29, 0.717) is 0 Å². The summed E-state index contributed by atoms with van der Waals surface area (Å²) in [6.07, 6.45) is 4.65. The van der Waals surface area contributed by atoms with Gasteiger partial charge in [0, 0.05) is 26.2 Å². The monoisotopic (exact) mass is 359 g/mol. The average molecular weight is 359 g/mol. The molecule has 2 amide bonds. The van der Waals surface area contributed by atoms with E-state index in [9.17, 15) is 14.7 Å². The molecule has 6 heteroatoms. The number of urea groups is 1. The second kappa shape index (κ2) is 8.18. The van der Waals surface area contributed by atoms with Crippen LogP contribution in [0, 0.1) is 5.92 Å². The Labute approximate surface area is 155 Å². The van der Waals surface area contributed by atoms with Gasteiger partial charge in [-0.1, -0.05) is 30.3 Å². The van der Waals surface area contributed by atoms with Crippen molar-refractivity contribution in [3.05, 3.63) is 35.9 Å². The maximum atomic E-state index is 12.4. The molecular weight excluding hydrogens is 330 g/mol. The minimum Gasteiger partial charge on any atom is -0.394 e. The molecule has 2 unspecified atom stereocenters. The van der Waals surface area contributed by atoms with Gasteiger partial charge in [-0.3, -0.25) is 5.32 Å². The zero-order chi connectivity index (χ0) is 18.7. The van der Waals surface area contributed by atoms with Crippen LogP contribution in [0.15, 0.2) is 30.3 Å². The minimum absolute atomic E-state index is 0.0564. The molecule has 26 heavy (non-hydrogen) atoms. The molecule has 0 aliphatic carbocycles. The smallest absolute Gasteiger partial charge is 0.319 e. The number of carbonyl (C=O) groups is 2. The Kier molecular flexibility index (Phi) is 5.94. The van der Waals surface area contributed by atoms with E-state index in [2.05, 4.69) is 5.32 Å². The van der Waals surface area contributed by atoms with E-state index in [1.165, 1.54) is 0 Å². The fraction of sp³-hybridized carbons (Fsp3) is 0.600. The van der Waals surface area contributed by atoms with E-state index >= 15 is 0 Å². The molecule has 6 nitrogen and oxygen atoms in total. The number of aldehydes is 1. The molecule has 2 aliphatic rings. The number of aliphatic hydroxyl groups excluding tert-OH is 1. The van der Waals surface area contributed by atoms with Crippen molar-refractivity contribution in [2.75, 3.05) is 20.7 Å². The number of nitrogens with one attached hydrogen (secondary N) is 1. The molecule has 2 fully saturated rings. The third-order valence-electron chi connectivity index (χ3n) is 5.81. The molecule has 1 aromatic rings. The molecule has 1 aromatic carbocycles. The fourth-order valence-electron chi connectivity index (χ4n) is 4.51. The summed E-state index contributed by atoms with van der Waals surface area (Å²) in [7, 11) is 3.57. The lowest BCUT2D eigenvalue weighted by atomic mass is 9.85. The molecular formula is C20H29N3O3. The first-order valence-corrected chi connectivity index (χ1v) is 9.42. The highest BCUT2D eigenvalue weighted by Gasteiger charge is 2.45. The molecule has 0 spiro atoms. The van der Waals surface area contributed by atoms with Crippen molar-refractivity contribution in [3.63, 3.8) is 0 Å². The van der Waals surface area contributed by atoms with E-state index in [0.717, 1.165) is 37.5 Å². The van der Waals surface area contributed by atoms with E-state index < -0.39 is 0 Å². The Morgan fingerprint density at radius 1 is 1.27 bits per heavy atom. The number of aliphatic hydroxyl groups is 1. The van der Waals surface area contributed by atoms with Gasteiger partial charge in [0.15, 0.2) is 0 Å². The van der Waals surface area contributed by atoms with Gasteiger partial charge in [0.05, 0.1) is 18.7 Å². The number of carbonyl (C=O) groups excluding carboxylic acids is 2. The molecule has 2 aliphatic heterocycles. The van der Waals surface area contributed by atoms with Gasteiger partial charge in [0.2, 0.25) is 0 Å². The molecule has 2 saturated heterocycles. The van der Waals surface area contributed by atoms with Crippen LogP contribution in [0.4, 0.5) is 4.79 Å². The first kappa shape index (κ1) is 18.9. The topological polar surface area (TPSA) is 72.9 Å². The molecule has 0 aromatic heterocycles. The Bertz CT molecular complexity index is 608. The number of amides is 2. The largest absolute Gasteiger partial charge is 0.394 e. The fourth-order valence-corrected chi connectivity index (χ4v) is 4.51. The number of piperidine rings is 1. The van der Waals surface area contributed by atoms with Crippen molar-refractivity contribution in [3.8, 4) is 0 Å². The van der Waals surface area contributed by atoms with Gasteiger partial charge in [-0.2, -0.15) is 0 Å². The maximum absolute atomic E-state index is 12.4. The third-order valence-corrected chi connectivity index (χ3v) is 5.81. The van der Waals surface area contributed by atoms with Gasteiger partial charge in [0.1, 0.15) is 6.29 Å². The standard InChI is InChI=1S/C20H29N3O3/c1-22(2)20(26)23-16-8-9-17(23)11-15(10-16)19(13-25)21-18(12-24)14-6-4-3-5-7-14/h3-7,13,15-19,21,24H,8-12H2,1-2H3/t15?,16?,17?,18-,19+/m0/s1. The molecule has 142 valence electrons. The van der Waals surface area contributed by atoms with Gasteiger partial charge in [0.25, 0.3) is 0 Å². The van der Waals surface area contributed by atoms with Crippen LogP contribution in [0.25, 0.3) is 0 Å². The summed E-state index contributed by atoms with van der Waals surface area (Å²) in [6.45, 7) is -0.0564. The second-order valence-electron chi connectivity index (χ2n) is 7.68. The first-order chi connectivity index (χ1) is 12.5. The SMILES string of the molecule is CN(C)C(=O)N1C2CCC1CC([C@@H](C=O)N[C@@H](CO)c1ccccc1)C2.